The number of hydrogen-bond acceptors (Lipinski definition) is 6. The van der Waals surface area contributed by atoms with E-state index >= 15 is 0 Å². The van der Waals surface area contributed by atoms with Crippen LogP contribution in [0.2, 0.25) is 0 Å². The second kappa shape index (κ2) is 7.20. The first-order valence-electron chi connectivity index (χ1n) is 9.85. The molecule has 2 aliphatic rings. The van der Waals surface area contributed by atoms with Gasteiger partial charge in [-0.25, -0.2) is 0 Å². The van der Waals surface area contributed by atoms with Crippen molar-refractivity contribution in [2.75, 3.05) is 13.2 Å². The minimum atomic E-state index is -0.385. The van der Waals surface area contributed by atoms with Crippen molar-refractivity contribution >= 4 is 5.91 Å². The van der Waals surface area contributed by atoms with Crippen molar-refractivity contribution in [2.45, 2.75) is 58.6 Å². The lowest BCUT2D eigenvalue weighted by atomic mass is 9.79. The topological polar surface area (TPSA) is 86.5 Å². The maximum absolute atomic E-state index is 13.1. The summed E-state index contributed by atoms with van der Waals surface area (Å²) in [6, 6.07) is 5.35. The van der Waals surface area contributed by atoms with Gasteiger partial charge in [0.25, 0.3) is 5.91 Å². The molecule has 1 aliphatic carbocycles. The Morgan fingerprint density at radius 2 is 2.07 bits per heavy atom. The number of amides is 1. The molecule has 2 heterocycles. The fraction of sp³-hybridized carbons (Fsp3) is 0.571. The number of rotatable bonds is 7. The van der Waals surface area contributed by atoms with Crippen LogP contribution in [-0.4, -0.2) is 35.4 Å². The van der Waals surface area contributed by atoms with Gasteiger partial charge in [0.15, 0.2) is 5.82 Å². The van der Waals surface area contributed by atoms with E-state index in [2.05, 4.69) is 22.4 Å². The summed E-state index contributed by atoms with van der Waals surface area (Å²) in [5.74, 6) is 2.11. The Bertz CT molecular complexity index is 868. The number of ether oxygens (including phenoxy) is 2. The number of nitrogens with one attached hydrogen (secondary N) is 1. The molecule has 0 spiro atoms. The first-order valence-corrected chi connectivity index (χ1v) is 9.85. The molecule has 1 saturated carbocycles. The van der Waals surface area contributed by atoms with Gasteiger partial charge in [0, 0.05) is 17.9 Å². The van der Waals surface area contributed by atoms with Gasteiger partial charge < -0.3 is 19.3 Å². The van der Waals surface area contributed by atoms with Crippen molar-refractivity contribution in [3.8, 4) is 5.75 Å². The van der Waals surface area contributed by atoms with Crippen LogP contribution in [0.5, 0.6) is 5.75 Å². The Labute approximate surface area is 164 Å². The zero-order valence-corrected chi connectivity index (χ0v) is 16.8. The third-order valence-electron chi connectivity index (χ3n) is 5.29. The average molecular weight is 385 g/mol. The number of aryl methyl sites for hydroxylation is 1. The summed E-state index contributed by atoms with van der Waals surface area (Å²) in [5.41, 5.74) is 1.49. The molecule has 28 heavy (non-hydrogen) atoms. The van der Waals surface area contributed by atoms with Crippen LogP contribution in [0.15, 0.2) is 22.7 Å². The second-order valence-corrected chi connectivity index (χ2v) is 8.42. The molecule has 150 valence electrons. The van der Waals surface area contributed by atoms with E-state index < -0.39 is 0 Å². The highest BCUT2D eigenvalue weighted by molar-refractivity contribution is 5.95. The Morgan fingerprint density at radius 3 is 2.61 bits per heavy atom. The molecule has 1 atom stereocenters. The first kappa shape index (κ1) is 18.9. The van der Waals surface area contributed by atoms with Gasteiger partial charge in [-0.1, -0.05) is 18.1 Å². The molecule has 0 bridgehead atoms. The minimum absolute atomic E-state index is 0.0527. The highest BCUT2D eigenvalue weighted by Crippen LogP contribution is 2.45. The van der Waals surface area contributed by atoms with Crippen LogP contribution in [0, 0.1) is 12.3 Å². The fourth-order valence-corrected chi connectivity index (χ4v) is 3.55. The van der Waals surface area contributed by atoms with Crippen molar-refractivity contribution in [1.82, 2.24) is 15.5 Å². The molecule has 0 radical (unpaired) electrons. The third-order valence-corrected chi connectivity index (χ3v) is 5.29. The molecular formula is C21H27N3O4. The molecule has 1 aliphatic heterocycles. The number of hydrogen-bond donors (Lipinski definition) is 1. The van der Waals surface area contributed by atoms with Crippen LogP contribution in [0.1, 0.15) is 73.2 Å². The maximum atomic E-state index is 13.1. The van der Waals surface area contributed by atoms with Gasteiger partial charge in [0.1, 0.15) is 11.8 Å². The lowest BCUT2D eigenvalue weighted by molar-refractivity contribution is -0.122. The number of carbonyl (C=O) groups excluding carboxylic acids is 1. The van der Waals surface area contributed by atoms with Gasteiger partial charge in [-0.15, -0.1) is 0 Å². The van der Waals surface area contributed by atoms with Gasteiger partial charge in [0.05, 0.1) is 19.3 Å². The van der Waals surface area contributed by atoms with E-state index in [1.165, 1.54) is 18.4 Å². The van der Waals surface area contributed by atoms with Crippen LogP contribution in [0.25, 0.3) is 0 Å². The monoisotopic (exact) mass is 385 g/mol. The first-order chi connectivity index (χ1) is 13.4. The summed E-state index contributed by atoms with van der Waals surface area (Å²) < 4.78 is 16.5. The molecule has 1 saturated heterocycles. The normalized spacial score (nSPS) is 19.2. The van der Waals surface area contributed by atoms with Gasteiger partial charge in [0.2, 0.25) is 5.89 Å². The molecule has 7 nitrogen and oxygen atoms in total. The summed E-state index contributed by atoms with van der Waals surface area (Å²) in [7, 11) is 0. The molecule has 1 unspecified atom stereocenters. The molecular weight excluding hydrogens is 358 g/mol. The average Bonchev–Trinajstić information content (AvgIpc) is 3.38. The SMILES string of the molecule is Cc1nc(C(NC(=O)c2ccc(C3CC3)c(OC(C)C)c2)C2(C)COC2)no1. The maximum Gasteiger partial charge on any atom is 0.252 e. The van der Waals surface area contributed by atoms with Crippen LogP contribution in [0.3, 0.4) is 0 Å². The van der Waals surface area contributed by atoms with E-state index in [0.29, 0.717) is 36.4 Å². The van der Waals surface area contributed by atoms with Crippen molar-refractivity contribution in [3.05, 3.63) is 41.0 Å². The van der Waals surface area contributed by atoms with Crippen molar-refractivity contribution in [2.24, 2.45) is 5.41 Å². The summed E-state index contributed by atoms with van der Waals surface area (Å²) in [5, 5.41) is 7.12. The molecule has 7 heteroatoms. The van der Waals surface area contributed by atoms with Gasteiger partial charge in [-0.3, -0.25) is 4.79 Å². The summed E-state index contributed by atoms with van der Waals surface area (Å²) in [6.45, 7) is 8.85. The van der Waals surface area contributed by atoms with E-state index in [-0.39, 0.29) is 23.5 Å². The van der Waals surface area contributed by atoms with E-state index in [4.69, 9.17) is 14.0 Å². The highest BCUT2D eigenvalue weighted by Gasteiger charge is 2.45. The second-order valence-electron chi connectivity index (χ2n) is 8.42. The molecule has 4 rings (SSSR count). The molecule has 2 aromatic rings. The molecule has 1 aromatic heterocycles. The smallest absolute Gasteiger partial charge is 0.252 e. The van der Waals surface area contributed by atoms with E-state index in [9.17, 15) is 4.79 Å². The van der Waals surface area contributed by atoms with Crippen molar-refractivity contribution in [1.29, 1.82) is 0 Å². The fourth-order valence-electron chi connectivity index (χ4n) is 3.55. The number of benzene rings is 1. The Hall–Kier alpha value is -2.41. The Balaban J connectivity index is 1.59. The van der Waals surface area contributed by atoms with Gasteiger partial charge >= 0.3 is 0 Å². The van der Waals surface area contributed by atoms with E-state index in [0.717, 1.165) is 5.75 Å². The van der Waals surface area contributed by atoms with E-state index in [1.54, 1.807) is 6.92 Å². The quantitative estimate of drug-likeness (QED) is 0.784. The number of carbonyl (C=O) groups is 1. The predicted molar refractivity (Wildman–Crippen MR) is 102 cm³/mol. The summed E-state index contributed by atoms with van der Waals surface area (Å²) in [4.78, 5) is 17.4. The lowest BCUT2D eigenvalue weighted by Gasteiger charge is -2.43. The Kier molecular flexibility index (Phi) is 4.87. The molecule has 1 N–H and O–H groups in total. The molecule has 1 amide bonds. The van der Waals surface area contributed by atoms with Crippen LogP contribution in [0.4, 0.5) is 0 Å². The zero-order valence-electron chi connectivity index (χ0n) is 16.8. The zero-order chi connectivity index (χ0) is 19.9. The molecule has 2 fully saturated rings. The summed E-state index contributed by atoms with van der Waals surface area (Å²) >= 11 is 0. The van der Waals surface area contributed by atoms with E-state index in [1.807, 2.05) is 32.0 Å². The molecule has 1 aromatic carbocycles. The number of aromatic nitrogens is 2. The standard InChI is InChI=1S/C21H27N3O4/c1-12(2)27-17-9-15(7-8-16(17)14-5-6-14)20(25)23-18(21(4)10-26-11-21)19-22-13(3)28-24-19/h7-9,12,14,18H,5-6,10-11H2,1-4H3,(H,23,25). The van der Waals surface area contributed by atoms with Crippen molar-refractivity contribution in [3.63, 3.8) is 0 Å². The van der Waals surface area contributed by atoms with Gasteiger partial charge in [-0.05, 0) is 50.3 Å². The highest BCUT2D eigenvalue weighted by atomic mass is 16.5. The van der Waals surface area contributed by atoms with Crippen molar-refractivity contribution < 1.29 is 18.8 Å². The van der Waals surface area contributed by atoms with Crippen LogP contribution < -0.4 is 10.1 Å². The minimum Gasteiger partial charge on any atom is -0.491 e. The summed E-state index contributed by atoms with van der Waals surface area (Å²) in [6.07, 6.45) is 2.41. The predicted octanol–water partition coefficient (Wildman–Crippen LogP) is 3.55. The third kappa shape index (κ3) is 3.76. The largest absolute Gasteiger partial charge is 0.491 e. The lowest BCUT2D eigenvalue weighted by Crippen LogP contribution is -2.51. The van der Waals surface area contributed by atoms with Gasteiger partial charge in [-0.2, -0.15) is 4.98 Å². The van der Waals surface area contributed by atoms with Crippen LogP contribution >= 0.6 is 0 Å². The van der Waals surface area contributed by atoms with Crippen LogP contribution in [-0.2, 0) is 4.74 Å². The number of nitrogens with zero attached hydrogens (tertiary/aromatic N) is 2. The Morgan fingerprint density at radius 1 is 1.32 bits per heavy atom.